The lowest BCUT2D eigenvalue weighted by Crippen LogP contribution is -2.50. The first-order chi connectivity index (χ1) is 8.29. The molecule has 2 N–H and O–H groups in total. The van der Waals surface area contributed by atoms with E-state index >= 15 is 0 Å². The maximum atomic E-state index is 11.9. The van der Waals surface area contributed by atoms with Crippen molar-refractivity contribution in [2.24, 2.45) is 5.92 Å². The Bertz CT molecular complexity index is 281. The molecule has 2 amide bonds. The van der Waals surface area contributed by atoms with Gasteiger partial charge in [0, 0.05) is 14.2 Å². The summed E-state index contributed by atoms with van der Waals surface area (Å²) in [6, 6.07) is -1.36. The molecule has 0 saturated heterocycles. The summed E-state index contributed by atoms with van der Waals surface area (Å²) in [4.78, 5) is 24.3. The highest BCUT2D eigenvalue weighted by atomic mass is 16.5. The van der Waals surface area contributed by atoms with Crippen molar-refractivity contribution in [1.82, 2.24) is 10.2 Å². The highest BCUT2D eigenvalue weighted by molar-refractivity contribution is 5.82. The SMILES string of the molecule is COCC(C)N(C)C(=O)N[C@@H](CC(C)C)C(=O)O. The molecule has 0 bridgehead atoms. The van der Waals surface area contributed by atoms with Crippen LogP contribution in [0.25, 0.3) is 0 Å². The van der Waals surface area contributed by atoms with E-state index in [1.165, 1.54) is 4.90 Å². The van der Waals surface area contributed by atoms with Gasteiger partial charge in [0.2, 0.25) is 0 Å². The van der Waals surface area contributed by atoms with Gasteiger partial charge in [-0.05, 0) is 19.3 Å². The predicted molar refractivity (Wildman–Crippen MR) is 68.5 cm³/mol. The second-order valence-corrected chi connectivity index (χ2v) is 4.89. The van der Waals surface area contributed by atoms with Gasteiger partial charge < -0.3 is 20.1 Å². The van der Waals surface area contributed by atoms with E-state index in [0.717, 1.165) is 0 Å². The van der Waals surface area contributed by atoms with Gasteiger partial charge >= 0.3 is 12.0 Å². The molecule has 0 aromatic heterocycles. The molecule has 2 atom stereocenters. The predicted octanol–water partition coefficient (Wildman–Crippen LogP) is 1.16. The van der Waals surface area contributed by atoms with E-state index in [0.29, 0.717) is 13.0 Å². The number of ether oxygens (including phenoxy) is 1. The van der Waals surface area contributed by atoms with Crippen LogP contribution in [0.15, 0.2) is 0 Å². The van der Waals surface area contributed by atoms with Crippen LogP contribution in [0.3, 0.4) is 0 Å². The number of nitrogens with one attached hydrogen (secondary N) is 1. The molecular weight excluding hydrogens is 236 g/mol. The van der Waals surface area contributed by atoms with Crippen molar-refractivity contribution in [1.29, 1.82) is 0 Å². The Labute approximate surface area is 108 Å². The topological polar surface area (TPSA) is 78.9 Å². The lowest BCUT2D eigenvalue weighted by atomic mass is 10.0. The second-order valence-electron chi connectivity index (χ2n) is 4.89. The molecule has 0 spiro atoms. The average molecular weight is 260 g/mol. The van der Waals surface area contributed by atoms with E-state index in [1.54, 1.807) is 14.2 Å². The van der Waals surface area contributed by atoms with Gasteiger partial charge in [-0.25, -0.2) is 9.59 Å². The van der Waals surface area contributed by atoms with Crippen molar-refractivity contribution < 1.29 is 19.4 Å². The maximum absolute atomic E-state index is 11.9. The molecular formula is C12H24N2O4. The third-order valence-corrected chi connectivity index (χ3v) is 2.69. The Kier molecular flexibility index (Phi) is 7.35. The molecule has 0 saturated carbocycles. The normalized spacial score (nSPS) is 14.1. The van der Waals surface area contributed by atoms with Crippen LogP contribution in [0.5, 0.6) is 0 Å². The van der Waals surface area contributed by atoms with E-state index in [4.69, 9.17) is 9.84 Å². The smallest absolute Gasteiger partial charge is 0.326 e. The van der Waals surface area contributed by atoms with Crippen LogP contribution < -0.4 is 5.32 Å². The number of hydrogen-bond acceptors (Lipinski definition) is 3. The van der Waals surface area contributed by atoms with Gasteiger partial charge in [-0.3, -0.25) is 0 Å². The first-order valence-electron chi connectivity index (χ1n) is 6.04. The number of likely N-dealkylation sites (N-methyl/N-ethyl adjacent to an activating group) is 1. The number of methoxy groups -OCH3 is 1. The van der Waals surface area contributed by atoms with Crippen molar-refractivity contribution in [2.75, 3.05) is 20.8 Å². The summed E-state index contributed by atoms with van der Waals surface area (Å²) in [5, 5.41) is 11.6. The van der Waals surface area contributed by atoms with E-state index in [-0.39, 0.29) is 12.0 Å². The molecule has 0 aromatic rings. The summed E-state index contributed by atoms with van der Waals surface area (Å²) >= 11 is 0. The molecule has 0 aliphatic heterocycles. The van der Waals surface area contributed by atoms with E-state index in [9.17, 15) is 9.59 Å². The molecule has 0 aliphatic carbocycles. The van der Waals surface area contributed by atoms with Gasteiger partial charge in [-0.1, -0.05) is 13.8 Å². The minimum atomic E-state index is -1.01. The lowest BCUT2D eigenvalue weighted by Gasteiger charge is -2.26. The molecule has 6 heteroatoms. The number of amides is 2. The minimum absolute atomic E-state index is 0.108. The van der Waals surface area contributed by atoms with Crippen molar-refractivity contribution >= 4 is 12.0 Å². The van der Waals surface area contributed by atoms with E-state index in [2.05, 4.69) is 5.32 Å². The fourth-order valence-corrected chi connectivity index (χ4v) is 1.50. The molecule has 0 aromatic carbocycles. The van der Waals surface area contributed by atoms with Crippen molar-refractivity contribution in [3.05, 3.63) is 0 Å². The molecule has 0 heterocycles. The highest BCUT2D eigenvalue weighted by Crippen LogP contribution is 2.06. The molecule has 0 aliphatic rings. The molecule has 0 fully saturated rings. The standard InChI is InChI=1S/C12H24N2O4/c1-8(2)6-10(11(15)16)13-12(17)14(4)9(3)7-18-5/h8-10H,6-7H2,1-5H3,(H,13,17)(H,15,16)/t9?,10-/m0/s1. The van der Waals surface area contributed by atoms with Crippen LogP contribution in [0.2, 0.25) is 0 Å². The summed E-state index contributed by atoms with van der Waals surface area (Å²) in [6.07, 6.45) is 0.410. The Morgan fingerprint density at radius 3 is 2.28 bits per heavy atom. The molecule has 1 unspecified atom stereocenters. The number of rotatable bonds is 7. The largest absolute Gasteiger partial charge is 0.480 e. The monoisotopic (exact) mass is 260 g/mol. The van der Waals surface area contributed by atoms with Crippen LogP contribution in [0.4, 0.5) is 4.79 Å². The zero-order valence-electron chi connectivity index (χ0n) is 11.8. The van der Waals surface area contributed by atoms with Crippen molar-refractivity contribution in [3.8, 4) is 0 Å². The zero-order valence-corrected chi connectivity index (χ0v) is 11.8. The number of carbonyl (C=O) groups is 2. The summed E-state index contributed by atoms with van der Waals surface area (Å²) in [7, 11) is 3.17. The van der Waals surface area contributed by atoms with Gasteiger partial charge in [0.05, 0.1) is 12.6 Å². The molecule has 0 rings (SSSR count). The Hall–Kier alpha value is -1.30. The molecule has 0 radical (unpaired) electrons. The van der Waals surface area contributed by atoms with Crippen molar-refractivity contribution in [3.63, 3.8) is 0 Å². The quantitative estimate of drug-likeness (QED) is 0.720. The van der Waals surface area contributed by atoms with Gasteiger partial charge in [-0.2, -0.15) is 0 Å². The number of nitrogens with zero attached hydrogens (tertiary/aromatic N) is 1. The molecule has 106 valence electrons. The highest BCUT2D eigenvalue weighted by Gasteiger charge is 2.24. The average Bonchev–Trinajstić information content (AvgIpc) is 2.26. The second kappa shape index (κ2) is 7.92. The van der Waals surface area contributed by atoms with Gasteiger partial charge in [-0.15, -0.1) is 0 Å². The summed E-state index contributed by atoms with van der Waals surface area (Å²) in [5.74, 6) is -0.807. The van der Waals surface area contributed by atoms with Crippen LogP contribution in [-0.2, 0) is 9.53 Å². The Balaban J connectivity index is 4.45. The van der Waals surface area contributed by atoms with Crippen LogP contribution in [0.1, 0.15) is 27.2 Å². The number of carboxylic acid groups (broad SMARTS) is 1. The number of carboxylic acids is 1. The molecule has 6 nitrogen and oxygen atoms in total. The van der Waals surface area contributed by atoms with E-state index < -0.39 is 18.0 Å². The van der Waals surface area contributed by atoms with Crippen molar-refractivity contribution in [2.45, 2.75) is 39.3 Å². The lowest BCUT2D eigenvalue weighted by molar-refractivity contribution is -0.139. The van der Waals surface area contributed by atoms with Crippen LogP contribution in [-0.4, -0.2) is 54.9 Å². The Morgan fingerprint density at radius 2 is 1.89 bits per heavy atom. The third-order valence-electron chi connectivity index (χ3n) is 2.69. The molecule has 18 heavy (non-hydrogen) atoms. The number of carbonyl (C=O) groups excluding carboxylic acids is 1. The van der Waals surface area contributed by atoms with Gasteiger partial charge in [0.15, 0.2) is 0 Å². The fraction of sp³-hybridized carbons (Fsp3) is 0.833. The third kappa shape index (κ3) is 5.86. The van der Waals surface area contributed by atoms with Crippen LogP contribution >= 0.6 is 0 Å². The van der Waals surface area contributed by atoms with Gasteiger partial charge in [0.25, 0.3) is 0 Å². The minimum Gasteiger partial charge on any atom is -0.480 e. The van der Waals surface area contributed by atoms with Crippen LogP contribution in [0, 0.1) is 5.92 Å². The fourth-order valence-electron chi connectivity index (χ4n) is 1.50. The number of urea groups is 1. The summed E-state index contributed by atoms with van der Waals surface area (Å²) < 4.78 is 4.95. The zero-order chi connectivity index (χ0) is 14.3. The summed E-state index contributed by atoms with van der Waals surface area (Å²) in [6.45, 7) is 6.08. The van der Waals surface area contributed by atoms with E-state index in [1.807, 2.05) is 20.8 Å². The van der Waals surface area contributed by atoms with Gasteiger partial charge in [0.1, 0.15) is 6.04 Å². The summed E-state index contributed by atoms with van der Waals surface area (Å²) in [5.41, 5.74) is 0. The maximum Gasteiger partial charge on any atom is 0.326 e. The number of aliphatic carboxylic acids is 1. The first-order valence-corrected chi connectivity index (χ1v) is 6.04. The number of hydrogen-bond donors (Lipinski definition) is 2. The first kappa shape index (κ1) is 16.7. The Morgan fingerprint density at radius 1 is 1.33 bits per heavy atom.